The van der Waals surface area contributed by atoms with Crippen molar-refractivity contribution in [3.05, 3.63) is 29.3 Å². The highest BCUT2D eigenvalue weighted by Gasteiger charge is 2.29. The number of nitriles is 1. The smallest absolute Gasteiger partial charge is 0.101 e. The van der Waals surface area contributed by atoms with Gasteiger partial charge in [-0.1, -0.05) is 12.1 Å². The molecule has 1 aliphatic rings. The second-order valence-electron chi connectivity index (χ2n) is 4.72. The molecule has 2 rings (SSSR count). The molecule has 0 amide bonds. The Morgan fingerprint density at radius 2 is 2.31 bits per heavy atom. The van der Waals surface area contributed by atoms with Crippen LogP contribution in [0.4, 0.5) is 5.69 Å². The maximum absolute atomic E-state index is 9.10. The monoisotopic (exact) mass is 215 g/mol. The Hall–Kier alpha value is -1.53. The second-order valence-corrected chi connectivity index (χ2v) is 4.72. The SMILES string of the molecule is Cc1cccc(C#N)c1NC1(C)CCNC1. The number of nitrogens with one attached hydrogen (secondary N) is 2. The quantitative estimate of drug-likeness (QED) is 0.793. The number of benzene rings is 1. The van der Waals surface area contributed by atoms with Gasteiger partial charge in [-0.3, -0.25) is 0 Å². The number of para-hydroxylation sites is 1. The Kier molecular flexibility index (Phi) is 2.84. The number of hydrogen-bond acceptors (Lipinski definition) is 3. The summed E-state index contributed by atoms with van der Waals surface area (Å²) >= 11 is 0. The van der Waals surface area contributed by atoms with Gasteiger partial charge in [0.15, 0.2) is 0 Å². The Morgan fingerprint density at radius 1 is 1.50 bits per heavy atom. The fourth-order valence-corrected chi connectivity index (χ4v) is 2.15. The van der Waals surface area contributed by atoms with Crippen molar-refractivity contribution < 1.29 is 0 Å². The summed E-state index contributed by atoms with van der Waals surface area (Å²) in [4.78, 5) is 0. The summed E-state index contributed by atoms with van der Waals surface area (Å²) in [5, 5.41) is 16.0. The molecule has 3 heteroatoms. The number of anilines is 1. The first-order valence-corrected chi connectivity index (χ1v) is 5.63. The lowest BCUT2D eigenvalue weighted by molar-refractivity contribution is 0.566. The standard InChI is InChI=1S/C13H17N3/c1-10-4-3-5-11(8-14)12(10)16-13(2)6-7-15-9-13/h3-5,15-16H,6-7,9H2,1-2H3. The van der Waals surface area contributed by atoms with Gasteiger partial charge in [-0.25, -0.2) is 0 Å². The largest absolute Gasteiger partial charge is 0.377 e. The maximum Gasteiger partial charge on any atom is 0.101 e. The number of hydrogen-bond donors (Lipinski definition) is 2. The van der Waals surface area contributed by atoms with Crippen molar-refractivity contribution in [1.82, 2.24) is 5.32 Å². The topological polar surface area (TPSA) is 47.9 Å². The highest BCUT2D eigenvalue weighted by Crippen LogP contribution is 2.26. The van der Waals surface area contributed by atoms with Crippen LogP contribution in [0.25, 0.3) is 0 Å². The van der Waals surface area contributed by atoms with Crippen LogP contribution in [0.15, 0.2) is 18.2 Å². The van der Waals surface area contributed by atoms with Crippen molar-refractivity contribution in [2.24, 2.45) is 0 Å². The summed E-state index contributed by atoms with van der Waals surface area (Å²) in [6, 6.07) is 8.07. The van der Waals surface area contributed by atoms with Crippen molar-refractivity contribution in [2.75, 3.05) is 18.4 Å². The summed E-state index contributed by atoms with van der Waals surface area (Å²) in [6.07, 6.45) is 1.09. The molecule has 1 aromatic rings. The molecule has 0 saturated carbocycles. The Bertz CT molecular complexity index is 425. The molecule has 1 unspecified atom stereocenters. The molecule has 0 spiro atoms. The zero-order valence-electron chi connectivity index (χ0n) is 9.80. The molecule has 1 aliphatic heterocycles. The van der Waals surface area contributed by atoms with E-state index < -0.39 is 0 Å². The van der Waals surface area contributed by atoms with Crippen molar-refractivity contribution in [3.8, 4) is 6.07 Å². The van der Waals surface area contributed by atoms with Crippen molar-refractivity contribution in [1.29, 1.82) is 5.26 Å². The minimum atomic E-state index is 0.0672. The van der Waals surface area contributed by atoms with E-state index in [2.05, 4.69) is 23.6 Å². The third-order valence-corrected chi connectivity index (χ3v) is 3.19. The minimum Gasteiger partial charge on any atom is -0.377 e. The average Bonchev–Trinajstić information content (AvgIpc) is 2.68. The summed E-state index contributed by atoms with van der Waals surface area (Å²) < 4.78 is 0. The predicted octanol–water partition coefficient (Wildman–Crippen LogP) is 2.03. The molecular weight excluding hydrogens is 198 g/mol. The Morgan fingerprint density at radius 3 is 2.94 bits per heavy atom. The fraction of sp³-hybridized carbons (Fsp3) is 0.462. The first-order chi connectivity index (χ1) is 7.64. The van der Waals surface area contributed by atoms with Gasteiger partial charge >= 0.3 is 0 Å². The summed E-state index contributed by atoms with van der Waals surface area (Å²) in [7, 11) is 0. The van der Waals surface area contributed by atoms with Crippen LogP contribution in [0.1, 0.15) is 24.5 Å². The van der Waals surface area contributed by atoms with E-state index in [1.807, 2.05) is 25.1 Å². The van der Waals surface area contributed by atoms with E-state index in [1.165, 1.54) is 0 Å². The summed E-state index contributed by atoms with van der Waals surface area (Å²) in [5.41, 5.74) is 2.91. The lowest BCUT2D eigenvalue weighted by Crippen LogP contribution is -2.37. The van der Waals surface area contributed by atoms with Crippen LogP contribution in [-0.4, -0.2) is 18.6 Å². The molecule has 84 valence electrons. The molecule has 0 bridgehead atoms. The molecule has 16 heavy (non-hydrogen) atoms. The van der Waals surface area contributed by atoms with Gasteiger partial charge in [0.05, 0.1) is 11.3 Å². The molecule has 2 N–H and O–H groups in total. The highest BCUT2D eigenvalue weighted by molar-refractivity contribution is 5.63. The van der Waals surface area contributed by atoms with E-state index >= 15 is 0 Å². The second kappa shape index (κ2) is 4.15. The van der Waals surface area contributed by atoms with E-state index in [1.54, 1.807) is 0 Å². The van der Waals surface area contributed by atoms with Gasteiger partial charge in [-0.2, -0.15) is 5.26 Å². The third kappa shape index (κ3) is 2.02. The average molecular weight is 215 g/mol. The van der Waals surface area contributed by atoms with Gasteiger partial charge < -0.3 is 10.6 Å². The van der Waals surface area contributed by atoms with Gasteiger partial charge in [-0.05, 0) is 38.4 Å². The van der Waals surface area contributed by atoms with Crippen LogP contribution in [0, 0.1) is 18.3 Å². The Labute approximate surface area is 96.5 Å². The minimum absolute atomic E-state index is 0.0672. The van der Waals surface area contributed by atoms with Gasteiger partial charge in [0.1, 0.15) is 6.07 Å². The maximum atomic E-state index is 9.10. The van der Waals surface area contributed by atoms with Crippen LogP contribution in [0.5, 0.6) is 0 Å². The first-order valence-electron chi connectivity index (χ1n) is 5.63. The summed E-state index contributed by atoms with van der Waals surface area (Å²) in [5.74, 6) is 0. The highest BCUT2D eigenvalue weighted by atomic mass is 15.1. The van der Waals surface area contributed by atoms with Crippen LogP contribution < -0.4 is 10.6 Å². The normalized spacial score (nSPS) is 24.1. The zero-order chi connectivity index (χ0) is 11.6. The predicted molar refractivity (Wildman–Crippen MR) is 65.4 cm³/mol. The Balaban J connectivity index is 2.30. The molecule has 1 atom stereocenters. The molecule has 1 heterocycles. The molecule has 0 radical (unpaired) electrons. The van der Waals surface area contributed by atoms with Crippen molar-refractivity contribution in [2.45, 2.75) is 25.8 Å². The van der Waals surface area contributed by atoms with Gasteiger partial charge in [-0.15, -0.1) is 0 Å². The van der Waals surface area contributed by atoms with Gasteiger partial charge in [0.25, 0.3) is 0 Å². The van der Waals surface area contributed by atoms with E-state index in [-0.39, 0.29) is 5.54 Å². The number of aryl methyl sites for hydroxylation is 1. The fourth-order valence-electron chi connectivity index (χ4n) is 2.15. The number of nitrogens with zero attached hydrogens (tertiary/aromatic N) is 1. The molecule has 3 nitrogen and oxygen atoms in total. The van der Waals surface area contributed by atoms with E-state index in [9.17, 15) is 0 Å². The van der Waals surface area contributed by atoms with Crippen molar-refractivity contribution >= 4 is 5.69 Å². The molecule has 0 aliphatic carbocycles. The molecule has 1 fully saturated rings. The molecule has 1 aromatic carbocycles. The first kappa shape index (κ1) is 11.0. The van der Waals surface area contributed by atoms with Crippen molar-refractivity contribution in [3.63, 3.8) is 0 Å². The van der Waals surface area contributed by atoms with Crippen LogP contribution in [-0.2, 0) is 0 Å². The molecule has 0 aromatic heterocycles. The lowest BCUT2D eigenvalue weighted by atomic mass is 9.99. The molecular formula is C13H17N3. The van der Waals surface area contributed by atoms with Gasteiger partial charge in [0.2, 0.25) is 0 Å². The number of rotatable bonds is 2. The van der Waals surface area contributed by atoms with E-state index in [0.29, 0.717) is 0 Å². The van der Waals surface area contributed by atoms with E-state index in [0.717, 1.165) is 36.3 Å². The van der Waals surface area contributed by atoms with Crippen LogP contribution >= 0.6 is 0 Å². The molecule has 1 saturated heterocycles. The lowest BCUT2D eigenvalue weighted by Gasteiger charge is -2.27. The van der Waals surface area contributed by atoms with Gasteiger partial charge in [0, 0.05) is 12.1 Å². The third-order valence-electron chi connectivity index (χ3n) is 3.19. The van der Waals surface area contributed by atoms with E-state index in [4.69, 9.17) is 5.26 Å². The summed E-state index contributed by atoms with van der Waals surface area (Å²) in [6.45, 7) is 6.22. The van der Waals surface area contributed by atoms with Crippen LogP contribution in [0.3, 0.4) is 0 Å². The van der Waals surface area contributed by atoms with Crippen LogP contribution in [0.2, 0.25) is 0 Å². The zero-order valence-corrected chi connectivity index (χ0v) is 9.80.